The first-order chi connectivity index (χ1) is 10.7. The highest BCUT2D eigenvalue weighted by atomic mass is 16.2. The van der Waals surface area contributed by atoms with Gasteiger partial charge in [-0.2, -0.15) is 0 Å². The van der Waals surface area contributed by atoms with Gasteiger partial charge in [0.2, 0.25) is 5.91 Å². The van der Waals surface area contributed by atoms with E-state index >= 15 is 0 Å². The molecule has 22 heavy (non-hydrogen) atoms. The van der Waals surface area contributed by atoms with Gasteiger partial charge in [0.1, 0.15) is 0 Å². The van der Waals surface area contributed by atoms with Crippen molar-refractivity contribution in [3.05, 3.63) is 35.9 Å². The van der Waals surface area contributed by atoms with Crippen molar-refractivity contribution >= 4 is 11.7 Å². The van der Waals surface area contributed by atoms with Crippen LogP contribution in [0.25, 0.3) is 0 Å². The molecule has 0 radical (unpaired) electrons. The second kappa shape index (κ2) is 6.61. The molecule has 1 aliphatic heterocycles. The molecule has 1 saturated carbocycles. The number of nitrogens with one attached hydrogen (secondary N) is 2. The topological polar surface area (TPSA) is 58.2 Å². The summed E-state index contributed by atoms with van der Waals surface area (Å²) >= 11 is 0. The highest BCUT2D eigenvalue weighted by molar-refractivity contribution is 5.95. The first kappa shape index (κ1) is 15.2. The molecule has 0 bridgehead atoms. The van der Waals surface area contributed by atoms with Gasteiger partial charge in [-0.25, -0.2) is 0 Å². The van der Waals surface area contributed by atoms with E-state index in [4.69, 9.17) is 0 Å². The fourth-order valence-electron chi connectivity index (χ4n) is 3.83. The molecule has 0 spiro atoms. The van der Waals surface area contributed by atoms with E-state index in [9.17, 15) is 9.59 Å². The van der Waals surface area contributed by atoms with E-state index < -0.39 is 5.41 Å². The number of amides is 1. The third-order valence-corrected chi connectivity index (χ3v) is 5.12. The molecule has 2 aliphatic rings. The van der Waals surface area contributed by atoms with Gasteiger partial charge in [0.25, 0.3) is 0 Å². The van der Waals surface area contributed by atoms with Gasteiger partial charge in [-0.3, -0.25) is 9.59 Å². The van der Waals surface area contributed by atoms with Crippen LogP contribution in [0.1, 0.15) is 44.1 Å². The number of ketones is 1. The number of benzene rings is 1. The molecule has 4 nitrogen and oxygen atoms in total. The van der Waals surface area contributed by atoms with Gasteiger partial charge in [-0.15, -0.1) is 0 Å². The summed E-state index contributed by atoms with van der Waals surface area (Å²) in [5, 5.41) is 6.01. The van der Waals surface area contributed by atoms with Crippen molar-refractivity contribution in [1.82, 2.24) is 10.6 Å². The van der Waals surface area contributed by atoms with Crippen molar-refractivity contribution in [1.29, 1.82) is 0 Å². The Morgan fingerprint density at radius 3 is 2.50 bits per heavy atom. The van der Waals surface area contributed by atoms with Gasteiger partial charge >= 0.3 is 0 Å². The zero-order valence-electron chi connectivity index (χ0n) is 12.9. The quantitative estimate of drug-likeness (QED) is 0.873. The van der Waals surface area contributed by atoms with E-state index in [0.29, 0.717) is 0 Å². The van der Waals surface area contributed by atoms with Crippen LogP contribution >= 0.6 is 0 Å². The molecule has 1 aliphatic carbocycles. The lowest BCUT2D eigenvalue weighted by Gasteiger charge is -2.28. The Balaban J connectivity index is 1.67. The van der Waals surface area contributed by atoms with Gasteiger partial charge in [0, 0.05) is 0 Å². The summed E-state index contributed by atoms with van der Waals surface area (Å²) in [5.41, 5.74) is 0.711. The first-order valence-corrected chi connectivity index (χ1v) is 8.32. The summed E-state index contributed by atoms with van der Waals surface area (Å²) in [7, 11) is 0. The SMILES string of the molecule is O=C(NCC(=O)C1(c2ccccc2)CCCC1)C1CCCN1. The Kier molecular flexibility index (Phi) is 4.57. The van der Waals surface area contributed by atoms with Crippen LogP contribution in [0.5, 0.6) is 0 Å². The number of hydrogen-bond donors (Lipinski definition) is 2. The van der Waals surface area contributed by atoms with Gasteiger partial charge in [-0.1, -0.05) is 43.2 Å². The van der Waals surface area contributed by atoms with E-state index in [2.05, 4.69) is 10.6 Å². The van der Waals surface area contributed by atoms with Crippen LogP contribution in [0, 0.1) is 0 Å². The van der Waals surface area contributed by atoms with Crippen molar-refractivity contribution < 1.29 is 9.59 Å². The predicted molar refractivity (Wildman–Crippen MR) is 85.6 cm³/mol. The molecular weight excluding hydrogens is 276 g/mol. The highest BCUT2D eigenvalue weighted by Crippen LogP contribution is 2.41. The smallest absolute Gasteiger partial charge is 0.237 e. The van der Waals surface area contributed by atoms with Crippen LogP contribution in [0.15, 0.2) is 30.3 Å². The summed E-state index contributed by atoms with van der Waals surface area (Å²) in [6.07, 6.45) is 5.85. The predicted octanol–water partition coefficient (Wildman–Crippen LogP) is 1.94. The Morgan fingerprint density at radius 1 is 1.14 bits per heavy atom. The monoisotopic (exact) mass is 300 g/mol. The summed E-state index contributed by atoms with van der Waals surface area (Å²) in [6, 6.07) is 9.93. The average Bonchev–Trinajstić information content (AvgIpc) is 3.25. The molecule has 3 rings (SSSR count). The molecule has 4 heteroatoms. The Labute approximate surface area is 131 Å². The fraction of sp³-hybridized carbons (Fsp3) is 0.556. The largest absolute Gasteiger partial charge is 0.348 e. The van der Waals surface area contributed by atoms with Crippen LogP contribution < -0.4 is 10.6 Å². The van der Waals surface area contributed by atoms with E-state index in [-0.39, 0.29) is 24.3 Å². The third-order valence-electron chi connectivity index (χ3n) is 5.12. The Morgan fingerprint density at radius 2 is 1.86 bits per heavy atom. The summed E-state index contributed by atoms with van der Waals surface area (Å²) in [6.45, 7) is 1.03. The number of carbonyl (C=O) groups excluding carboxylic acids is 2. The van der Waals surface area contributed by atoms with Gasteiger partial charge in [-0.05, 0) is 37.8 Å². The minimum absolute atomic E-state index is 0.0351. The lowest BCUT2D eigenvalue weighted by atomic mass is 9.75. The highest BCUT2D eigenvalue weighted by Gasteiger charge is 2.42. The van der Waals surface area contributed by atoms with Crippen molar-refractivity contribution in [2.24, 2.45) is 0 Å². The van der Waals surface area contributed by atoms with E-state index in [1.165, 1.54) is 0 Å². The Hall–Kier alpha value is -1.68. The lowest BCUT2D eigenvalue weighted by Crippen LogP contribution is -2.46. The molecular formula is C18H24N2O2. The first-order valence-electron chi connectivity index (χ1n) is 8.32. The van der Waals surface area contributed by atoms with Gasteiger partial charge in [0.15, 0.2) is 5.78 Å². The Bertz CT molecular complexity index is 529. The molecule has 2 N–H and O–H groups in total. The molecule has 1 saturated heterocycles. The van der Waals surface area contributed by atoms with Crippen molar-refractivity contribution in [3.63, 3.8) is 0 Å². The molecule has 1 aromatic rings. The zero-order chi connectivity index (χ0) is 15.4. The van der Waals surface area contributed by atoms with Crippen LogP contribution in [0.4, 0.5) is 0 Å². The average molecular weight is 300 g/mol. The zero-order valence-corrected chi connectivity index (χ0v) is 12.9. The normalized spacial score (nSPS) is 23.4. The molecule has 118 valence electrons. The maximum atomic E-state index is 12.9. The molecule has 1 aromatic carbocycles. The van der Waals surface area contributed by atoms with E-state index in [1.807, 2.05) is 30.3 Å². The van der Waals surface area contributed by atoms with Gasteiger partial charge in [0.05, 0.1) is 18.0 Å². The fourth-order valence-corrected chi connectivity index (χ4v) is 3.83. The minimum atomic E-state index is -0.391. The lowest BCUT2D eigenvalue weighted by molar-refractivity contribution is -0.128. The standard InChI is InChI=1S/C18H24N2O2/c21-16(13-20-17(22)15-9-6-12-19-15)18(10-4-5-11-18)14-7-2-1-3-8-14/h1-3,7-8,15,19H,4-6,9-13H2,(H,20,22). The molecule has 0 aromatic heterocycles. The van der Waals surface area contributed by atoms with E-state index in [0.717, 1.165) is 50.6 Å². The number of Topliss-reactive ketones (excluding diaryl/α,β-unsaturated/α-hetero) is 1. The number of rotatable bonds is 5. The third kappa shape index (κ3) is 2.93. The summed E-state index contributed by atoms with van der Waals surface area (Å²) in [4.78, 5) is 24.9. The van der Waals surface area contributed by atoms with Gasteiger partial charge < -0.3 is 10.6 Å². The summed E-state index contributed by atoms with van der Waals surface area (Å²) in [5.74, 6) is 0.120. The maximum absolute atomic E-state index is 12.9. The number of carbonyl (C=O) groups is 2. The maximum Gasteiger partial charge on any atom is 0.237 e. The molecule has 2 fully saturated rings. The van der Waals surface area contributed by atoms with Crippen LogP contribution in [-0.2, 0) is 15.0 Å². The minimum Gasteiger partial charge on any atom is -0.348 e. The molecule has 1 heterocycles. The summed E-state index contributed by atoms with van der Waals surface area (Å²) < 4.78 is 0. The molecule has 1 atom stereocenters. The van der Waals surface area contributed by atoms with Crippen LogP contribution in [0.2, 0.25) is 0 Å². The van der Waals surface area contributed by atoms with Crippen molar-refractivity contribution in [2.75, 3.05) is 13.1 Å². The van der Waals surface area contributed by atoms with E-state index in [1.54, 1.807) is 0 Å². The molecule has 1 unspecified atom stereocenters. The molecule has 1 amide bonds. The second-order valence-electron chi connectivity index (χ2n) is 6.45. The second-order valence-corrected chi connectivity index (χ2v) is 6.45. The van der Waals surface area contributed by atoms with Crippen LogP contribution in [-0.4, -0.2) is 30.8 Å². The van der Waals surface area contributed by atoms with Crippen molar-refractivity contribution in [3.8, 4) is 0 Å². The van der Waals surface area contributed by atoms with Crippen LogP contribution in [0.3, 0.4) is 0 Å². The number of hydrogen-bond acceptors (Lipinski definition) is 3. The van der Waals surface area contributed by atoms with Crippen molar-refractivity contribution in [2.45, 2.75) is 50.0 Å².